The predicted octanol–water partition coefficient (Wildman–Crippen LogP) is 2.55. The highest BCUT2D eigenvalue weighted by Crippen LogP contribution is 2.25. The van der Waals surface area contributed by atoms with E-state index in [0.29, 0.717) is 17.4 Å². The second kappa shape index (κ2) is 7.42. The van der Waals surface area contributed by atoms with Crippen molar-refractivity contribution in [2.75, 3.05) is 11.9 Å². The summed E-state index contributed by atoms with van der Waals surface area (Å²) in [5.41, 5.74) is 0.687. The number of amidine groups is 1. The van der Waals surface area contributed by atoms with Gasteiger partial charge in [-0.25, -0.2) is 0 Å². The van der Waals surface area contributed by atoms with E-state index < -0.39 is 5.25 Å². The normalized spacial score (nSPS) is 19.4. The molecule has 1 aromatic rings. The van der Waals surface area contributed by atoms with Crippen LogP contribution >= 0.6 is 27.7 Å². The number of carbonyl (C=O) groups is 2. The Morgan fingerprint density at radius 3 is 3.00 bits per heavy atom. The Balaban J connectivity index is 1.93. The van der Waals surface area contributed by atoms with Crippen molar-refractivity contribution in [1.29, 1.82) is 0 Å². The molecule has 0 bridgehead atoms. The number of anilines is 1. The quantitative estimate of drug-likeness (QED) is 0.785. The summed E-state index contributed by atoms with van der Waals surface area (Å²) in [7, 11) is 0. The van der Waals surface area contributed by atoms with Gasteiger partial charge in [-0.05, 0) is 28.1 Å². The van der Waals surface area contributed by atoms with Crippen molar-refractivity contribution in [3.05, 3.63) is 41.4 Å². The van der Waals surface area contributed by atoms with E-state index in [1.54, 1.807) is 12.1 Å². The van der Waals surface area contributed by atoms with Crippen LogP contribution in [0.4, 0.5) is 5.69 Å². The van der Waals surface area contributed by atoms with Gasteiger partial charge in [0.2, 0.25) is 11.8 Å². The Labute approximate surface area is 135 Å². The van der Waals surface area contributed by atoms with E-state index in [9.17, 15) is 9.59 Å². The van der Waals surface area contributed by atoms with Crippen LogP contribution in [-0.4, -0.2) is 28.8 Å². The number of halogens is 1. The highest BCUT2D eigenvalue weighted by Gasteiger charge is 2.31. The zero-order chi connectivity index (χ0) is 15.2. The molecule has 1 atom stereocenters. The van der Waals surface area contributed by atoms with Crippen LogP contribution in [-0.2, 0) is 9.59 Å². The minimum atomic E-state index is -0.448. The number of nitrogens with one attached hydrogen (secondary N) is 2. The van der Waals surface area contributed by atoms with Crippen LogP contribution in [0.15, 0.2) is 46.4 Å². The van der Waals surface area contributed by atoms with E-state index in [1.807, 2.05) is 18.2 Å². The van der Waals surface area contributed by atoms with Crippen molar-refractivity contribution >= 4 is 50.4 Å². The number of thioether (sulfide) groups is 1. The first-order valence-corrected chi connectivity index (χ1v) is 7.94. The highest BCUT2D eigenvalue weighted by atomic mass is 79.9. The van der Waals surface area contributed by atoms with Crippen molar-refractivity contribution in [2.24, 2.45) is 4.99 Å². The fourth-order valence-electron chi connectivity index (χ4n) is 1.69. The van der Waals surface area contributed by atoms with Gasteiger partial charge in [-0.1, -0.05) is 30.0 Å². The van der Waals surface area contributed by atoms with Crippen LogP contribution < -0.4 is 10.6 Å². The maximum absolute atomic E-state index is 12.0. The lowest BCUT2D eigenvalue weighted by molar-refractivity contribution is -0.122. The molecule has 21 heavy (non-hydrogen) atoms. The molecule has 110 valence electrons. The first kappa shape index (κ1) is 15.8. The van der Waals surface area contributed by atoms with Gasteiger partial charge in [0.25, 0.3) is 0 Å². The highest BCUT2D eigenvalue weighted by molar-refractivity contribution is 9.10. The second-order valence-electron chi connectivity index (χ2n) is 4.26. The van der Waals surface area contributed by atoms with Gasteiger partial charge in [0, 0.05) is 10.9 Å². The van der Waals surface area contributed by atoms with Crippen molar-refractivity contribution in [3.8, 4) is 0 Å². The lowest BCUT2D eigenvalue weighted by atomic mass is 10.2. The van der Waals surface area contributed by atoms with E-state index in [2.05, 4.69) is 38.1 Å². The summed E-state index contributed by atoms with van der Waals surface area (Å²) >= 11 is 4.63. The Bertz CT molecular complexity index is 604. The largest absolute Gasteiger partial charge is 0.325 e. The second-order valence-corrected chi connectivity index (χ2v) is 6.31. The fraction of sp³-hybridized carbons (Fsp3) is 0.214. The Morgan fingerprint density at radius 2 is 2.29 bits per heavy atom. The Hall–Kier alpha value is -1.60. The van der Waals surface area contributed by atoms with Crippen molar-refractivity contribution in [1.82, 2.24) is 5.32 Å². The number of para-hydroxylation sites is 1. The maximum atomic E-state index is 12.0. The number of nitrogens with zero attached hydrogens (tertiary/aromatic N) is 1. The van der Waals surface area contributed by atoms with Gasteiger partial charge in [-0.3, -0.25) is 14.6 Å². The first-order chi connectivity index (χ1) is 10.1. The van der Waals surface area contributed by atoms with Crippen LogP contribution in [0, 0.1) is 0 Å². The SMILES string of the molecule is C=CCN=C1NC(=O)[C@H](CC(=O)Nc2ccccc2Br)S1. The third kappa shape index (κ3) is 4.44. The van der Waals surface area contributed by atoms with Gasteiger partial charge < -0.3 is 10.6 Å². The third-order valence-corrected chi connectivity index (χ3v) is 4.47. The van der Waals surface area contributed by atoms with Crippen LogP contribution in [0.25, 0.3) is 0 Å². The molecule has 2 N–H and O–H groups in total. The molecule has 1 aliphatic heterocycles. The fourth-order valence-corrected chi connectivity index (χ4v) is 3.06. The molecule has 1 heterocycles. The van der Waals surface area contributed by atoms with Crippen LogP contribution in [0.1, 0.15) is 6.42 Å². The zero-order valence-electron chi connectivity index (χ0n) is 11.1. The molecule has 0 aromatic heterocycles. The molecule has 0 unspecified atom stereocenters. The van der Waals surface area contributed by atoms with Gasteiger partial charge in [0.15, 0.2) is 5.17 Å². The van der Waals surface area contributed by atoms with Crippen molar-refractivity contribution in [2.45, 2.75) is 11.7 Å². The summed E-state index contributed by atoms with van der Waals surface area (Å²) in [4.78, 5) is 27.9. The number of carbonyl (C=O) groups excluding carboxylic acids is 2. The molecular formula is C14H14BrN3O2S. The molecule has 1 aliphatic rings. The number of hydrogen-bond acceptors (Lipinski definition) is 4. The molecule has 0 aliphatic carbocycles. The van der Waals surface area contributed by atoms with Gasteiger partial charge in [-0.2, -0.15) is 0 Å². The van der Waals surface area contributed by atoms with Crippen molar-refractivity contribution in [3.63, 3.8) is 0 Å². The number of rotatable bonds is 5. The van der Waals surface area contributed by atoms with Crippen LogP contribution in [0.2, 0.25) is 0 Å². The molecule has 1 fully saturated rings. The average molecular weight is 368 g/mol. The molecule has 1 aromatic carbocycles. The minimum absolute atomic E-state index is 0.102. The topological polar surface area (TPSA) is 70.6 Å². The molecule has 7 heteroatoms. The van der Waals surface area contributed by atoms with Crippen LogP contribution in [0.5, 0.6) is 0 Å². The standard InChI is InChI=1S/C14H14BrN3O2S/c1-2-7-16-14-18-13(20)11(21-14)8-12(19)17-10-6-4-3-5-9(10)15/h2-6,11H,1,7-8H2,(H,17,19)(H,16,18,20)/t11-/m0/s1. The van der Waals surface area contributed by atoms with E-state index in [-0.39, 0.29) is 18.2 Å². The summed E-state index contributed by atoms with van der Waals surface area (Å²) in [6, 6.07) is 7.33. The first-order valence-electron chi connectivity index (χ1n) is 6.27. The smallest absolute Gasteiger partial charge is 0.240 e. The van der Waals surface area contributed by atoms with Gasteiger partial charge in [0.1, 0.15) is 5.25 Å². The number of amides is 2. The van der Waals surface area contributed by atoms with Crippen LogP contribution in [0.3, 0.4) is 0 Å². The molecule has 0 radical (unpaired) electrons. The monoisotopic (exact) mass is 367 g/mol. The molecule has 0 spiro atoms. The van der Waals surface area contributed by atoms with E-state index >= 15 is 0 Å². The molecule has 5 nitrogen and oxygen atoms in total. The molecule has 2 rings (SSSR count). The molecule has 1 saturated heterocycles. The van der Waals surface area contributed by atoms with E-state index in [4.69, 9.17) is 0 Å². The summed E-state index contributed by atoms with van der Waals surface area (Å²) < 4.78 is 0.801. The number of aliphatic imine (C=N–C) groups is 1. The van der Waals surface area contributed by atoms with Crippen molar-refractivity contribution < 1.29 is 9.59 Å². The summed E-state index contributed by atoms with van der Waals surface area (Å²) in [6.07, 6.45) is 1.75. The Morgan fingerprint density at radius 1 is 1.52 bits per heavy atom. The summed E-state index contributed by atoms with van der Waals surface area (Å²) in [5.74, 6) is -0.399. The predicted molar refractivity (Wildman–Crippen MR) is 89.4 cm³/mol. The number of hydrogen-bond donors (Lipinski definition) is 2. The van der Waals surface area contributed by atoms with E-state index in [0.717, 1.165) is 4.47 Å². The minimum Gasteiger partial charge on any atom is -0.325 e. The zero-order valence-corrected chi connectivity index (χ0v) is 13.5. The summed E-state index contributed by atoms with van der Waals surface area (Å²) in [5, 5.41) is 5.53. The molecule has 2 amide bonds. The average Bonchev–Trinajstić information content (AvgIpc) is 2.79. The molecular weight excluding hydrogens is 354 g/mol. The van der Waals surface area contributed by atoms with Gasteiger partial charge >= 0.3 is 0 Å². The lowest BCUT2D eigenvalue weighted by Crippen LogP contribution is -2.28. The number of benzene rings is 1. The van der Waals surface area contributed by atoms with Gasteiger partial charge in [0.05, 0.1) is 12.2 Å². The van der Waals surface area contributed by atoms with E-state index in [1.165, 1.54) is 11.8 Å². The maximum Gasteiger partial charge on any atom is 0.240 e. The Kier molecular flexibility index (Phi) is 5.58. The summed E-state index contributed by atoms with van der Waals surface area (Å²) in [6.45, 7) is 4.01. The van der Waals surface area contributed by atoms with Gasteiger partial charge in [-0.15, -0.1) is 6.58 Å². The third-order valence-electron chi connectivity index (χ3n) is 2.66. The lowest BCUT2D eigenvalue weighted by Gasteiger charge is -2.08. The molecule has 0 saturated carbocycles.